The number of rotatable bonds is 9. The second-order valence-electron chi connectivity index (χ2n) is 6.85. The molecule has 1 aliphatic heterocycles. The molecule has 1 heterocycles. The number of nitrogens with zero attached hydrogens (tertiary/aromatic N) is 1. The number of piperidine rings is 1. The molecule has 1 aromatic rings. The number of methoxy groups -OCH3 is 1. The Kier molecular flexibility index (Phi) is 8.48. The van der Waals surface area contributed by atoms with Gasteiger partial charge in [0.25, 0.3) is 0 Å². The lowest BCUT2D eigenvalue weighted by atomic mass is 9.99. The zero-order chi connectivity index (χ0) is 18.8. The van der Waals surface area contributed by atoms with Crippen LogP contribution in [0, 0.1) is 5.92 Å². The predicted octanol–water partition coefficient (Wildman–Crippen LogP) is 3.35. The summed E-state index contributed by atoms with van der Waals surface area (Å²) in [6, 6.07) is 5.63. The minimum atomic E-state index is -0.0638. The fraction of sp³-hybridized carbons (Fsp3) is 0.571. The lowest BCUT2D eigenvalue weighted by molar-refractivity contribution is -0.116. The van der Waals surface area contributed by atoms with Crippen molar-refractivity contribution in [2.75, 3.05) is 39.9 Å². The number of ether oxygens (including phenoxy) is 2. The summed E-state index contributed by atoms with van der Waals surface area (Å²) in [6.07, 6.45) is 6.94. The van der Waals surface area contributed by atoms with E-state index in [9.17, 15) is 4.79 Å². The monoisotopic (exact) mass is 360 g/mol. The lowest BCUT2D eigenvalue weighted by Gasteiger charge is -2.30. The van der Waals surface area contributed by atoms with Crippen LogP contribution in [0.15, 0.2) is 24.3 Å². The average molecular weight is 360 g/mol. The number of likely N-dealkylation sites (tertiary alicyclic amines) is 1. The van der Waals surface area contributed by atoms with Crippen LogP contribution in [0.3, 0.4) is 0 Å². The predicted molar refractivity (Wildman–Crippen MR) is 106 cm³/mol. The molecule has 0 aliphatic carbocycles. The minimum Gasteiger partial charge on any atom is -0.493 e. The van der Waals surface area contributed by atoms with Crippen molar-refractivity contribution in [1.29, 1.82) is 0 Å². The van der Waals surface area contributed by atoms with Gasteiger partial charge in [-0.3, -0.25) is 4.79 Å². The highest BCUT2D eigenvalue weighted by Gasteiger charge is 2.14. The normalized spacial score (nSPS) is 16.0. The van der Waals surface area contributed by atoms with Gasteiger partial charge < -0.3 is 19.7 Å². The number of hydrogen-bond acceptors (Lipinski definition) is 4. The minimum absolute atomic E-state index is 0.0638. The summed E-state index contributed by atoms with van der Waals surface area (Å²) in [5.41, 5.74) is 0.909. The smallest absolute Gasteiger partial charge is 0.243 e. The van der Waals surface area contributed by atoms with Gasteiger partial charge in [-0.2, -0.15) is 0 Å². The van der Waals surface area contributed by atoms with E-state index in [1.54, 1.807) is 19.3 Å². The number of carbonyl (C=O) groups excluding carboxylic acids is 1. The maximum atomic E-state index is 12.0. The quantitative estimate of drug-likeness (QED) is 0.542. The van der Waals surface area contributed by atoms with Crippen LogP contribution in [-0.2, 0) is 4.79 Å². The lowest BCUT2D eigenvalue weighted by Crippen LogP contribution is -2.35. The number of carbonyl (C=O) groups is 1. The maximum absolute atomic E-state index is 12.0. The molecule has 0 atom stereocenters. The zero-order valence-electron chi connectivity index (χ0n) is 16.3. The van der Waals surface area contributed by atoms with Crippen LogP contribution >= 0.6 is 0 Å². The third-order valence-corrected chi connectivity index (χ3v) is 4.74. The Bertz CT molecular complexity index is 593. The summed E-state index contributed by atoms with van der Waals surface area (Å²) in [5.74, 6) is 2.18. The standard InChI is InChI=1S/C21H32N2O3/c1-4-26-20-16-18(6-8-19(20)25-3)7-9-21(24)22-12-5-13-23-14-10-17(2)11-15-23/h6-9,16-17H,4-5,10-15H2,1-3H3,(H,22,24)/b9-7+. The Labute approximate surface area is 157 Å². The molecule has 1 N–H and O–H groups in total. The van der Waals surface area contributed by atoms with Gasteiger partial charge >= 0.3 is 0 Å². The molecule has 0 bridgehead atoms. The van der Waals surface area contributed by atoms with Crippen molar-refractivity contribution in [3.63, 3.8) is 0 Å². The van der Waals surface area contributed by atoms with E-state index >= 15 is 0 Å². The van der Waals surface area contributed by atoms with Crippen LogP contribution in [0.5, 0.6) is 11.5 Å². The van der Waals surface area contributed by atoms with E-state index in [2.05, 4.69) is 17.1 Å². The maximum Gasteiger partial charge on any atom is 0.243 e. The molecule has 144 valence electrons. The van der Waals surface area contributed by atoms with Crippen LogP contribution in [0.25, 0.3) is 6.08 Å². The highest BCUT2D eigenvalue weighted by atomic mass is 16.5. The Morgan fingerprint density at radius 3 is 2.77 bits per heavy atom. The first-order valence-corrected chi connectivity index (χ1v) is 9.61. The first kappa shape index (κ1) is 20.3. The molecule has 1 fully saturated rings. The van der Waals surface area contributed by atoms with Gasteiger partial charge in [-0.1, -0.05) is 13.0 Å². The molecular weight excluding hydrogens is 328 g/mol. The van der Waals surface area contributed by atoms with Crippen LogP contribution in [-0.4, -0.2) is 50.7 Å². The van der Waals surface area contributed by atoms with Gasteiger partial charge in [-0.05, 0) is 75.5 Å². The largest absolute Gasteiger partial charge is 0.493 e. The summed E-state index contributed by atoms with van der Waals surface area (Å²) in [4.78, 5) is 14.5. The molecule has 2 rings (SSSR count). The molecule has 0 spiro atoms. The second-order valence-corrected chi connectivity index (χ2v) is 6.85. The van der Waals surface area contributed by atoms with E-state index in [1.807, 2.05) is 25.1 Å². The van der Waals surface area contributed by atoms with E-state index in [-0.39, 0.29) is 5.91 Å². The zero-order valence-corrected chi connectivity index (χ0v) is 16.3. The average Bonchev–Trinajstić information content (AvgIpc) is 2.65. The van der Waals surface area contributed by atoms with Gasteiger partial charge in [0.2, 0.25) is 5.91 Å². The molecule has 1 aromatic carbocycles. The van der Waals surface area contributed by atoms with E-state index in [0.29, 0.717) is 24.7 Å². The van der Waals surface area contributed by atoms with E-state index in [0.717, 1.165) is 24.4 Å². The van der Waals surface area contributed by atoms with Gasteiger partial charge in [0.15, 0.2) is 11.5 Å². The van der Waals surface area contributed by atoms with Crippen LogP contribution in [0.4, 0.5) is 0 Å². The van der Waals surface area contributed by atoms with Crippen LogP contribution in [0.2, 0.25) is 0 Å². The van der Waals surface area contributed by atoms with Crippen LogP contribution < -0.4 is 14.8 Å². The van der Waals surface area contributed by atoms with E-state index < -0.39 is 0 Å². The molecule has 5 heteroatoms. The molecule has 1 amide bonds. The molecule has 0 saturated carbocycles. The summed E-state index contributed by atoms with van der Waals surface area (Å²) in [5, 5.41) is 2.96. The summed E-state index contributed by atoms with van der Waals surface area (Å²) in [7, 11) is 1.62. The van der Waals surface area contributed by atoms with Gasteiger partial charge in [-0.15, -0.1) is 0 Å². The van der Waals surface area contributed by atoms with Gasteiger partial charge in [0, 0.05) is 12.6 Å². The summed E-state index contributed by atoms with van der Waals surface area (Å²) in [6.45, 7) is 8.97. The third kappa shape index (κ3) is 6.71. The summed E-state index contributed by atoms with van der Waals surface area (Å²) >= 11 is 0. The van der Waals surface area contributed by atoms with Crippen molar-refractivity contribution in [3.05, 3.63) is 29.8 Å². The summed E-state index contributed by atoms with van der Waals surface area (Å²) < 4.78 is 10.8. The first-order valence-electron chi connectivity index (χ1n) is 9.61. The van der Waals surface area contributed by atoms with Crippen molar-refractivity contribution < 1.29 is 14.3 Å². The Hall–Kier alpha value is -2.01. The van der Waals surface area contributed by atoms with Gasteiger partial charge in [-0.25, -0.2) is 0 Å². The number of benzene rings is 1. The Morgan fingerprint density at radius 2 is 2.08 bits per heavy atom. The van der Waals surface area contributed by atoms with Gasteiger partial charge in [0.05, 0.1) is 13.7 Å². The fourth-order valence-electron chi connectivity index (χ4n) is 3.10. The Morgan fingerprint density at radius 1 is 1.31 bits per heavy atom. The second kappa shape index (κ2) is 10.9. The number of nitrogens with one attached hydrogen (secondary N) is 1. The SMILES string of the molecule is CCOc1cc(/C=C/C(=O)NCCCN2CCC(C)CC2)ccc1OC. The highest BCUT2D eigenvalue weighted by Crippen LogP contribution is 2.28. The van der Waals surface area contributed by atoms with Crippen molar-refractivity contribution >= 4 is 12.0 Å². The molecule has 5 nitrogen and oxygen atoms in total. The van der Waals surface area contributed by atoms with Crippen molar-refractivity contribution in [1.82, 2.24) is 10.2 Å². The van der Waals surface area contributed by atoms with Crippen LogP contribution in [0.1, 0.15) is 38.7 Å². The highest BCUT2D eigenvalue weighted by molar-refractivity contribution is 5.91. The third-order valence-electron chi connectivity index (χ3n) is 4.74. The molecule has 1 saturated heterocycles. The molecule has 0 unspecified atom stereocenters. The van der Waals surface area contributed by atoms with E-state index in [1.165, 1.54) is 25.9 Å². The topological polar surface area (TPSA) is 50.8 Å². The molecule has 0 radical (unpaired) electrons. The fourth-order valence-corrected chi connectivity index (χ4v) is 3.10. The molecular formula is C21H32N2O3. The van der Waals surface area contributed by atoms with Crippen molar-refractivity contribution in [3.8, 4) is 11.5 Å². The van der Waals surface area contributed by atoms with E-state index in [4.69, 9.17) is 9.47 Å². The molecule has 0 aromatic heterocycles. The number of amides is 1. The van der Waals surface area contributed by atoms with Gasteiger partial charge in [0.1, 0.15) is 0 Å². The van der Waals surface area contributed by atoms with Crippen molar-refractivity contribution in [2.45, 2.75) is 33.1 Å². The number of hydrogen-bond donors (Lipinski definition) is 1. The molecule has 26 heavy (non-hydrogen) atoms. The first-order chi connectivity index (χ1) is 12.6. The Balaban J connectivity index is 1.72. The molecule has 1 aliphatic rings. The van der Waals surface area contributed by atoms with Crippen molar-refractivity contribution in [2.24, 2.45) is 5.92 Å².